The average Bonchev–Trinajstić information content (AvgIpc) is 2.79. The summed E-state index contributed by atoms with van der Waals surface area (Å²) >= 11 is 9.03. The third kappa shape index (κ3) is 2.71. The molecule has 5 heteroatoms. The number of halogens is 2. The molecule has 1 heterocycles. The quantitative estimate of drug-likeness (QED) is 0.624. The molecule has 0 saturated carbocycles. The van der Waals surface area contributed by atoms with Crippen molar-refractivity contribution in [1.82, 2.24) is 4.98 Å². The predicted octanol–water partition coefficient (Wildman–Crippen LogP) is 4.72. The monoisotopic (exact) mass is 323 g/mol. The number of benzene rings is 1. The number of rotatable bonds is 4. The van der Waals surface area contributed by atoms with Crippen LogP contribution in [0.5, 0.6) is 0 Å². The molecule has 92 valence electrons. The van der Waals surface area contributed by atoms with Gasteiger partial charge in [0.15, 0.2) is 5.82 Å². The Labute approximate surface area is 119 Å². The Morgan fingerprint density at radius 3 is 2.94 bits per heavy atom. The molecular formula is C13H11BrClN3. The molecule has 0 radical (unpaired) electrons. The van der Waals surface area contributed by atoms with E-state index in [0.717, 1.165) is 21.3 Å². The largest absolute Gasteiger partial charge is 0.344 e. The van der Waals surface area contributed by atoms with Crippen molar-refractivity contribution in [2.75, 3.05) is 5.88 Å². The van der Waals surface area contributed by atoms with Gasteiger partial charge in [-0.3, -0.25) is 4.99 Å². The van der Waals surface area contributed by atoms with Crippen molar-refractivity contribution < 1.29 is 0 Å². The second-order valence-electron chi connectivity index (χ2n) is 3.53. The van der Waals surface area contributed by atoms with Gasteiger partial charge in [-0.1, -0.05) is 28.1 Å². The highest BCUT2D eigenvalue weighted by molar-refractivity contribution is 9.10. The van der Waals surface area contributed by atoms with Crippen LogP contribution < -0.4 is 0 Å². The van der Waals surface area contributed by atoms with Crippen molar-refractivity contribution in [1.29, 1.82) is 0 Å². The minimum atomic E-state index is 0.363. The lowest BCUT2D eigenvalue weighted by molar-refractivity contribution is 1.33. The van der Waals surface area contributed by atoms with E-state index in [1.54, 1.807) is 6.21 Å². The molecule has 1 N–H and O–H groups in total. The molecular weight excluding hydrogens is 314 g/mol. The van der Waals surface area contributed by atoms with Gasteiger partial charge in [-0.2, -0.15) is 0 Å². The van der Waals surface area contributed by atoms with Crippen molar-refractivity contribution in [3.63, 3.8) is 0 Å². The number of hydrogen-bond donors (Lipinski definition) is 1. The fourth-order valence-corrected chi connectivity index (χ4v) is 2.13. The van der Waals surface area contributed by atoms with Crippen LogP contribution in [0.3, 0.4) is 0 Å². The minimum Gasteiger partial charge on any atom is -0.344 e. The van der Waals surface area contributed by atoms with Crippen LogP contribution in [0, 0.1) is 0 Å². The summed E-state index contributed by atoms with van der Waals surface area (Å²) in [6.45, 7) is 3.59. The summed E-state index contributed by atoms with van der Waals surface area (Å²) < 4.78 is 1.02. The fraction of sp³-hybridized carbons (Fsp3) is 0.0769. The number of nitrogens with zero attached hydrogens (tertiary/aromatic N) is 2. The number of alkyl halides is 1. The van der Waals surface area contributed by atoms with Crippen molar-refractivity contribution in [2.24, 2.45) is 9.98 Å². The number of aliphatic imine (C=N–C) groups is 2. The van der Waals surface area contributed by atoms with Crippen LogP contribution in [-0.4, -0.2) is 23.8 Å². The SMILES string of the molecule is C=Nc1c(-c2cccc(Br)c2)c[nH]c1/N=C\CCl. The Hall–Kier alpha value is -1.39. The zero-order chi connectivity index (χ0) is 13.0. The average molecular weight is 325 g/mol. The molecule has 0 spiro atoms. The van der Waals surface area contributed by atoms with Crippen molar-refractivity contribution >= 4 is 52.0 Å². The Balaban J connectivity index is 2.49. The standard InChI is InChI=1S/C13H11BrClN3/c1-16-12-11(8-18-13(12)17-6-5-15)9-3-2-4-10(14)7-9/h2-4,6-8,18H,1,5H2/b17-6-. The molecule has 0 aliphatic carbocycles. The Morgan fingerprint density at radius 1 is 1.44 bits per heavy atom. The third-order valence-corrected chi connectivity index (χ3v) is 3.05. The molecule has 2 rings (SSSR count). The number of aromatic nitrogens is 1. The first kappa shape index (κ1) is 13.1. The Bertz CT molecular complexity index is 590. The van der Waals surface area contributed by atoms with Crippen LogP contribution in [0.4, 0.5) is 11.5 Å². The first-order valence-corrected chi connectivity index (χ1v) is 6.61. The van der Waals surface area contributed by atoms with E-state index in [-0.39, 0.29) is 0 Å². The van der Waals surface area contributed by atoms with E-state index in [0.29, 0.717) is 11.7 Å². The van der Waals surface area contributed by atoms with Gasteiger partial charge in [-0.05, 0) is 24.4 Å². The maximum Gasteiger partial charge on any atom is 0.156 e. The molecule has 0 fully saturated rings. The van der Waals surface area contributed by atoms with Gasteiger partial charge >= 0.3 is 0 Å². The maximum absolute atomic E-state index is 5.58. The van der Waals surface area contributed by atoms with Gasteiger partial charge < -0.3 is 4.98 Å². The van der Waals surface area contributed by atoms with Gasteiger partial charge in [-0.15, -0.1) is 11.6 Å². The zero-order valence-electron chi connectivity index (χ0n) is 9.53. The zero-order valence-corrected chi connectivity index (χ0v) is 11.9. The van der Waals surface area contributed by atoms with E-state index in [1.165, 1.54) is 0 Å². The lowest BCUT2D eigenvalue weighted by Gasteiger charge is -2.01. The molecule has 1 aromatic carbocycles. The Kier molecular flexibility index (Phi) is 4.33. The highest BCUT2D eigenvalue weighted by Crippen LogP contribution is 2.38. The smallest absolute Gasteiger partial charge is 0.156 e. The highest BCUT2D eigenvalue weighted by atomic mass is 79.9. The molecule has 0 bridgehead atoms. The summed E-state index contributed by atoms with van der Waals surface area (Å²) in [6, 6.07) is 7.98. The van der Waals surface area contributed by atoms with Crippen molar-refractivity contribution in [2.45, 2.75) is 0 Å². The highest BCUT2D eigenvalue weighted by Gasteiger charge is 2.10. The summed E-state index contributed by atoms with van der Waals surface area (Å²) in [6.07, 6.45) is 3.49. The molecule has 0 saturated heterocycles. The fourth-order valence-electron chi connectivity index (χ4n) is 1.67. The molecule has 3 nitrogen and oxygen atoms in total. The molecule has 0 aliphatic heterocycles. The second-order valence-corrected chi connectivity index (χ2v) is 4.76. The van der Waals surface area contributed by atoms with Crippen LogP contribution in [0.1, 0.15) is 0 Å². The first-order valence-electron chi connectivity index (χ1n) is 5.28. The van der Waals surface area contributed by atoms with Gasteiger partial charge in [0.25, 0.3) is 0 Å². The van der Waals surface area contributed by atoms with Gasteiger partial charge in [0.2, 0.25) is 0 Å². The third-order valence-electron chi connectivity index (χ3n) is 2.42. The van der Waals surface area contributed by atoms with Crippen molar-refractivity contribution in [3.05, 3.63) is 34.9 Å². The van der Waals surface area contributed by atoms with Crippen LogP contribution in [0.15, 0.2) is 44.9 Å². The van der Waals surface area contributed by atoms with Gasteiger partial charge in [0.1, 0.15) is 5.69 Å². The predicted molar refractivity (Wildman–Crippen MR) is 82.0 cm³/mol. The Morgan fingerprint density at radius 2 is 2.28 bits per heavy atom. The summed E-state index contributed by atoms with van der Waals surface area (Å²) in [7, 11) is 0. The molecule has 0 unspecified atom stereocenters. The maximum atomic E-state index is 5.58. The number of H-pyrrole nitrogens is 1. The van der Waals surface area contributed by atoms with E-state index in [2.05, 4.69) is 37.6 Å². The summed E-state index contributed by atoms with van der Waals surface area (Å²) in [4.78, 5) is 11.3. The molecule has 2 aromatic rings. The van der Waals surface area contributed by atoms with Gasteiger partial charge in [0.05, 0.1) is 5.88 Å². The molecule has 1 aromatic heterocycles. The van der Waals surface area contributed by atoms with E-state index in [9.17, 15) is 0 Å². The number of nitrogens with one attached hydrogen (secondary N) is 1. The van der Waals surface area contributed by atoms with Crippen LogP contribution >= 0.6 is 27.5 Å². The van der Waals surface area contributed by atoms with E-state index in [1.807, 2.05) is 30.5 Å². The molecule has 0 atom stereocenters. The van der Waals surface area contributed by atoms with Crippen LogP contribution in [0.2, 0.25) is 0 Å². The molecule has 0 amide bonds. The normalized spacial score (nSPS) is 11.0. The second kappa shape index (κ2) is 5.98. The lowest BCUT2D eigenvalue weighted by Crippen LogP contribution is -1.75. The first-order chi connectivity index (χ1) is 8.76. The van der Waals surface area contributed by atoms with Crippen molar-refractivity contribution in [3.8, 4) is 11.1 Å². The van der Waals surface area contributed by atoms with Gasteiger partial charge in [0, 0.05) is 22.4 Å². The summed E-state index contributed by atoms with van der Waals surface area (Å²) in [5.41, 5.74) is 2.75. The topological polar surface area (TPSA) is 40.5 Å². The van der Waals surface area contributed by atoms with E-state index < -0.39 is 0 Å². The lowest BCUT2D eigenvalue weighted by atomic mass is 10.1. The molecule has 0 aliphatic rings. The number of aromatic amines is 1. The summed E-state index contributed by atoms with van der Waals surface area (Å²) in [5, 5.41) is 0. The molecule has 18 heavy (non-hydrogen) atoms. The van der Waals surface area contributed by atoms with E-state index in [4.69, 9.17) is 11.6 Å². The van der Waals surface area contributed by atoms with Crippen LogP contribution in [-0.2, 0) is 0 Å². The number of hydrogen-bond acceptors (Lipinski definition) is 2. The van der Waals surface area contributed by atoms with E-state index >= 15 is 0 Å². The van der Waals surface area contributed by atoms with Crippen LogP contribution in [0.25, 0.3) is 11.1 Å². The van der Waals surface area contributed by atoms with Gasteiger partial charge in [-0.25, -0.2) is 4.99 Å². The summed E-state index contributed by atoms with van der Waals surface area (Å²) in [5.74, 6) is 1.03. The minimum absolute atomic E-state index is 0.363.